The second kappa shape index (κ2) is 8.94. The molecule has 0 aliphatic rings. The zero-order valence-electron chi connectivity index (χ0n) is 15.6. The Morgan fingerprint density at radius 3 is 2.64 bits per heavy atom. The van der Waals surface area contributed by atoms with Gasteiger partial charge in [0.1, 0.15) is 16.8 Å². The fourth-order valence-corrected chi connectivity index (χ4v) is 3.85. The molecule has 2 N–H and O–H groups in total. The molecule has 0 spiro atoms. The number of hydrogen-bond acceptors (Lipinski definition) is 7. The highest BCUT2D eigenvalue weighted by molar-refractivity contribution is 7.18. The van der Waals surface area contributed by atoms with Gasteiger partial charge in [-0.15, -0.1) is 21.5 Å². The summed E-state index contributed by atoms with van der Waals surface area (Å²) < 4.78 is 5.22. The van der Waals surface area contributed by atoms with E-state index < -0.39 is 6.04 Å². The van der Waals surface area contributed by atoms with Crippen molar-refractivity contribution in [1.29, 1.82) is 0 Å². The normalized spacial score (nSPS) is 11.9. The average Bonchev–Trinajstić information content (AvgIpc) is 3.37. The van der Waals surface area contributed by atoms with E-state index in [0.717, 1.165) is 11.3 Å². The molecule has 0 fully saturated rings. The summed E-state index contributed by atoms with van der Waals surface area (Å²) in [4.78, 5) is 25.6. The lowest BCUT2D eigenvalue weighted by Crippen LogP contribution is -2.46. The fraction of sp³-hybridized carbons (Fsp3) is 0.263. The molecule has 0 aliphatic heterocycles. The van der Waals surface area contributed by atoms with Gasteiger partial charge in [0.25, 0.3) is 5.91 Å². The third kappa shape index (κ3) is 4.73. The van der Waals surface area contributed by atoms with E-state index in [4.69, 9.17) is 4.74 Å². The molecule has 0 bridgehead atoms. The Kier molecular flexibility index (Phi) is 6.37. The summed E-state index contributed by atoms with van der Waals surface area (Å²) in [5.74, 6) is 0.0376. The van der Waals surface area contributed by atoms with E-state index in [0.29, 0.717) is 15.0 Å². The van der Waals surface area contributed by atoms with Crippen molar-refractivity contribution in [2.75, 3.05) is 12.4 Å². The van der Waals surface area contributed by atoms with Gasteiger partial charge in [0.15, 0.2) is 0 Å². The van der Waals surface area contributed by atoms with Crippen LogP contribution in [0.1, 0.15) is 23.5 Å². The van der Waals surface area contributed by atoms with Crippen molar-refractivity contribution in [2.24, 2.45) is 5.92 Å². The van der Waals surface area contributed by atoms with Gasteiger partial charge >= 0.3 is 0 Å². The highest BCUT2D eigenvalue weighted by atomic mass is 32.1. The Labute approximate surface area is 170 Å². The molecule has 3 aromatic rings. The quantitative estimate of drug-likeness (QED) is 0.613. The molecule has 2 aromatic heterocycles. The molecule has 0 radical (unpaired) electrons. The van der Waals surface area contributed by atoms with Gasteiger partial charge in [-0.1, -0.05) is 43.4 Å². The SMILES string of the molecule is COc1cccc(-c2nnc(NC(=O)[C@H](NC(=O)c3cccs3)C(C)C)s2)c1. The van der Waals surface area contributed by atoms with E-state index in [2.05, 4.69) is 20.8 Å². The van der Waals surface area contributed by atoms with Crippen LogP contribution >= 0.6 is 22.7 Å². The van der Waals surface area contributed by atoms with Crippen LogP contribution in [0.3, 0.4) is 0 Å². The lowest BCUT2D eigenvalue weighted by atomic mass is 10.0. The largest absolute Gasteiger partial charge is 0.497 e. The number of carbonyl (C=O) groups excluding carboxylic acids is 2. The minimum atomic E-state index is -0.682. The number of nitrogens with zero attached hydrogens (tertiary/aromatic N) is 2. The molecule has 2 amide bonds. The van der Waals surface area contributed by atoms with Gasteiger partial charge < -0.3 is 10.1 Å². The summed E-state index contributed by atoms with van der Waals surface area (Å²) >= 11 is 2.59. The first-order valence-corrected chi connectivity index (χ1v) is 10.3. The first-order valence-electron chi connectivity index (χ1n) is 8.61. The van der Waals surface area contributed by atoms with Crippen LogP contribution in [0.4, 0.5) is 5.13 Å². The second-order valence-electron chi connectivity index (χ2n) is 6.31. The maximum absolute atomic E-state index is 12.7. The Morgan fingerprint density at radius 2 is 1.96 bits per heavy atom. The van der Waals surface area contributed by atoms with E-state index in [9.17, 15) is 9.59 Å². The molecule has 1 atom stereocenters. The summed E-state index contributed by atoms with van der Waals surface area (Å²) in [6.45, 7) is 3.75. The standard InChI is InChI=1S/C19H20N4O3S2/c1-11(2)15(20-16(24)14-8-5-9-27-14)17(25)21-19-23-22-18(28-19)12-6-4-7-13(10-12)26-3/h4-11,15H,1-3H3,(H,20,24)(H,21,23,25)/t15-/m1/s1. The van der Waals surface area contributed by atoms with E-state index in [-0.39, 0.29) is 17.7 Å². The van der Waals surface area contributed by atoms with Crippen molar-refractivity contribution >= 4 is 39.6 Å². The highest BCUT2D eigenvalue weighted by Crippen LogP contribution is 2.29. The molecule has 0 saturated heterocycles. The number of nitrogens with one attached hydrogen (secondary N) is 2. The number of rotatable bonds is 7. The van der Waals surface area contributed by atoms with Gasteiger partial charge in [-0.2, -0.15) is 0 Å². The third-order valence-electron chi connectivity index (χ3n) is 3.95. The second-order valence-corrected chi connectivity index (χ2v) is 8.23. The predicted molar refractivity (Wildman–Crippen MR) is 111 cm³/mol. The van der Waals surface area contributed by atoms with Crippen LogP contribution in [0.5, 0.6) is 5.75 Å². The summed E-state index contributed by atoms with van der Waals surface area (Å²) in [5.41, 5.74) is 0.851. The Morgan fingerprint density at radius 1 is 1.14 bits per heavy atom. The van der Waals surface area contributed by atoms with E-state index >= 15 is 0 Å². The monoisotopic (exact) mass is 416 g/mol. The number of amides is 2. The van der Waals surface area contributed by atoms with Crippen molar-refractivity contribution in [3.05, 3.63) is 46.7 Å². The molecule has 146 valence electrons. The molecule has 7 nitrogen and oxygen atoms in total. The predicted octanol–water partition coefficient (Wildman–Crippen LogP) is 3.67. The minimum absolute atomic E-state index is 0.0883. The molecular formula is C19H20N4O3S2. The van der Waals surface area contributed by atoms with Crippen molar-refractivity contribution in [1.82, 2.24) is 15.5 Å². The lowest BCUT2D eigenvalue weighted by molar-refractivity contribution is -0.118. The zero-order chi connectivity index (χ0) is 20.1. The van der Waals surface area contributed by atoms with Gasteiger partial charge in [0.05, 0.1) is 12.0 Å². The average molecular weight is 417 g/mol. The Balaban J connectivity index is 1.70. The molecule has 0 saturated carbocycles. The Hall–Kier alpha value is -2.78. The number of methoxy groups -OCH3 is 1. The Bertz CT molecular complexity index is 954. The summed E-state index contributed by atoms with van der Waals surface area (Å²) in [7, 11) is 1.60. The summed E-state index contributed by atoms with van der Waals surface area (Å²) in [6, 6.07) is 10.3. The molecule has 28 heavy (non-hydrogen) atoms. The molecule has 3 rings (SSSR count). The summed E-state index contributed by atoms with van der Waals surface area (Å²) in [5, 5.41) is 16.6. The van der Waals surface area contributed by atoms with E-state index in [1.54, 1.807) is 19.2 Å². The van der Waals surface area contributed by atoms with Gasteiger partial charge in [-0.05, 0) is 29.5 Å². The van der Waals surface area contributed by atoms with Crippen molar-refractivity contribution in [3.8, 4) is 16.3 Å². The van der Waals surface area contributed by atoms with Gasteiger partial charge in [0.2, 0.25) is 11.0 Å². The number of carbonyl (C=O) groups is 2. The van der Waals surface area contributed by atoms with Crippen LogP contribution in [0.15, 0.2) is 41.8 Å². The topological polar surface area (TPSA) is 93.2 Å². The number of benzene rings is 1. The van der Waals surface area contributed by atoms with Crippen LogP contribution < -0.4 is 15.4 Å². The van der Waals surface area contributed by atoms with Gasteiger partial charge in [-0.3, -0.25) is 14.9 Å². The first-order chi connectivity index (χ1) is 13.5. The first kappa shape index (κ1) is 20.0. The third-order valence-corrected chi connectivity index (χ3v) is 5.71. The number of ether oxygens (including phenoxy) is 1. The molecule has 1 aromatic carbocycles. The highest BCUT2D eigenvalue weighted by Gasteiger charge is 2.26. The van der Waals surface area contributed by atoms with Gasteiger partial charge in [-0.25, -0.2) is 0 Å². The van der Waals surface area contributed by atoms with E-state index in [1.165, 1.54) is 22.7 Å². The van der Waals surface area contributed by atoms with E-state index in [1.807, 2.05) is 43.5 Å². The maximum Gasteiger partial charge on any atom is 0.262 e. The van der Waals surface area contributed by atoms with Crippen LogP contribution in [-0.4, -0.2) is 35.2 Å². The lowest BCUT2D eigenvalue weighted by Gasteiger charge is -2.20. The smallest absolute Gasteiger partial charge is 0.262 e. The summed E-state index contributed by atoms with van der Waals surface area (Å²) in [6.07, 6.45) is 0. The number of hydrogen-bond donors (Lipinski definition) is 2. The van der Waals surface area contributed by atoms with Crippen LogP contribution in [0, 0.1) is 5.92 Å². The van der Waals surface area contributed by atoms with Gasteiger partial charge in [0, 0.05) is 5.56 Å². The van der Waals surface area contributed by atoms with Crippen molar-refractivity contribution in [2.45, 2.75) is 19.9 Å². The molecule has 2 heterocycles. The molecule has 0 unspecified atom stereocenters. The van der Waals surface area contributed by atoms with Crippen molar-refractivity contribution < 1.29 is 14.3 Å². The van der Waals surface area contributed by atoms with Crippen LogP contribution in [0.25, 0.3) is 10.6 Å². The fourth-order valence-electron chi connectivity index (χ4n) is 2.48. The van der Waals surface area contributed by atoms with Crippen LogP contribution in [0.2, 0.25) is 0 Å². The molecule has 9 heteroatoms. The number of thiophene rings is 1. The van der Waals surface area contributed by atoms with Crippen molar-refractivity contribution in [3.63, 3.8) is 0 Å². The maximum atomic E-state index is 12.7. The number of anilines is 1. The number of aromatic nitrogens is 2. The molecule has 0 aliphatic carbocycles. The van der Waals surface area contributed by atoms with Crippen LogP contribution in [-0.2, 0) is 4.79 Å². The molecular weight excluding hydrogens is 396 g/mol. The minimum Gasteiger partial charge on any atom is -0.497 e. The zero-order valence-corrected chi connectivity index (χ0v) is 17.3.